The van der Waals surface area contributed by atoms with Crippen molar-refractivity contribution in [2.75, 3.05) is 7.11 Å². The van der Waals surface area contributed by atoms with Gasteiger partial charge in [0.1, 0.15) is 5.75 Å². The molecule has 2 aromatic rings. The van der Waals surface area contributed by atoms with Gasteiger partial charge in [0.2, 0.25) is 0 Å². The molecule has 1 aromatic heterocycles. The van der Waals surface area contributed by atoms with E-state index in [1.54, 1.807) is 18.4 Å². The smallest absolute Gasteiger partial charge is 0.137 e. The molecule has 0 spiro atoms. The maximum atomic E-state index is 5.44. The minimum Gasteiger partial charge on any atom is -0.495 e. The number of hydrogen-bond acceptors (Lipinski definition) is 3. The van der Waals surface area contributed by atoms with Crippen molar-refractivity contribution in [1.29, 1.82) is 0 Å². The Morgan fingerprint density at radius 2 is 2.05 bits per heavy atom. The number of thiophene rings is 1. The van der Waals surface area contributed by atoms with Gasteiger partial charge < -0.3 is 10.1 Å². The van der Waals surface area contributed by atoms with Gasteiger partial charge in [0.05, 0.1) is 11.6 Å². The van der Waals surface area contributed by atoms with Crippen LogP contribution in [0.2, 0.25) is 0 Å². The van der Waals surface area contributed by atoms with Crippen molar-refractivity contribution in [2.45, 2.75) is 20.0 Å². The maximum Gasteiger partial charge on any atom is 0.137 e. The van der Waals surface area contributed by atoms with Crippen molar-refractivity contribution in [1.82, 2.24) is 5.32 Å². The van der Waals surface area contributed by atoms with Crippen molar-refractivity contribution < 1.29 is 4.74 Å². The molecule has 0 radical (unpaired) electrons. The molecule has 0 amide bonds. The van der Waals surface area contributed by atoms with Crippen LogP contribution in [0.4, 0.5) is 0 Å². The van der Waals surface area contributed by atoms with E-state index in [1.807, 2.05) is 6.07 Å². The Labute approximate surface area is 134 Å². The first-order valence-electron chi connectivity index (χ1n) is 5.87. The fraction of sp³-hybridized carbons (Fsp3) is 0.286. The predicted molar refractivity (Wildman–Crippen MR) is 88.0 cm³/mol. The number of nitrogens with one attached hydrogen (secondary N) is 1. The molecular weight excluding hydrogens is 390 g/mol. The Balaban J connectivity index is 2.05. The first-order valence-corrected chi connectivity index (χ1v) is 8.34. The van der Waals surface area contributed by atoms with Crippen LogP contribution in [-0.4, -0.2) is 7.11 Å². The fourth-order valence-electron chi connectivity index (χ4n) is 1.87. The van der Waals surface area contributed by atoms with Gasteiger partial charge in [-0.15, -0.1) is 11.3 Å². The summed E-state index contributed by atoms with van der Waals surface area (Å²) in [5, 5.41) is 5.59. The van der Waals surface area contributed by atoms with Crippen LogP contribution < -0.4 is 10.1 Å². The highest BCUT2D eigenvalue weighted by Gasteiger charge is 2.09. The van der Waals surface area contributed by atoms with E-state index in [-0.39, 0.29) is 0 Å². The van der Waals surface area contributed by atoms with Crippen LogP contribution >= 0.6 is 43.2 Å². The molecule has 19 heavy (non-hydrogen) atoms. The summed E-state index contributed by atoms with van der Waals surface area (Å²) in [5.41, 5.74) is 2.48. The van der Waals surface area contributed by atoms with E-state index in [1.165, 1.54) is 10.4 Å². The predicted octanol–water partition coefficient (Wildman–Crippen LogP) is 4.88. The molecule has 2 nitrogen and oxygen atoms in total. The van der Waals surface area contributed by atoms with Crippen LogP contribution in [0.3, 0.4) is 0 Å². The molecule has 0 saturated carbocycles. The molecule has 1 aromatic carbocycles. The molecule has 2 rings (SSSR count). The Morgan fingerprint density at radius 1 is 1.26 bits per heavy atom. The van der Waals surface area contributed by atoms with Crippen LogP contribution in [0.5, 0.6) is 5.75 Å². The quantitative estimate of drug-likeness (QED) is 0.766. The summed E-state index contributed by atoms with van der Waals surface area (Å²) in [6.45, 7) is 3.80. The molecule has 0 aliphatic carbocycles. The average molecular weight is 405 g/mol. The molecule has 102 valence electrons. The molecule has 5 heteroatoms. The van der Waals surface area contributed by atoms with Gasteiger partial charge in [-0.25, -0.2) is 0 Å². The Hall–Kier alpha value is -0.360. The van der Waals surface area contributed by atoms with Gasteiger partial charge in [-0.2, -0.15) is 0 Å². The number of halogens is 2. The highest BCUT2D eigenvalue weighted by molar-refractivity contribution is 9.11. The van der Waals surface area contributed by atoms with Crippen molar-refractivity contribution in [3.05, 3.63) is 48.5 Å². The van der Waals surface area contributed by atoms with Crippen molar-refractivity contribution in [2.24, 2.45) is 0 Å². The number of benzene rings is 1. The monoisotopic (exact) mass is 403 g/mol. The minimum atomic E-state index is 0.776. The lowest BCUT2D eigenvalue weighted by molar-refractivity contribution is 0.405. The van der Waals surface area contributed by atoms with Crippen LogP contribution in [0.25, 0.3) is 0 Å². The van der Waals surface area contributed by atoms with Crippen LogP contribution in [0.15, 0.2) is 32.5 Å². The third kappa shape index (κ3) is 3.81. The van der Waals surface area contributed by atoms with E-state index in [9.17, 15) is 0 Å². The van der Waals surface area contributed by atoms with Gasteiger partial charge in [0, 0.05) is 28.0 Å². The SMILES string of the molecule is COc1c(Br)cc(Br)cc1CNCc1sccc1C. The van der Waals surface area contributed by atoms with Gasteiger partial charge >= 0.3 is 0 Å². The summed E-state index contributed by atoms with van der Waals surface area (Å²) in [6.07, 6.45) is 0. The van der Waals surface area contributed by atoms with E-state index in [2.05, 4.69) is 61.6 Å². The van der Waals surface area contributed by atoms with E-state index in [0.717, 1.165) is 33.3 Å². The number of methoxy groups -OCH3 is 1. The summed E-state index contributed by atoms with van der Waals surface area (Å²) in [4.78, 5) is 1.38. The summed E-state index contributed by atoms with van der Waals surface area (Å²) < 4.78 is 7.45. The highest BCUT2D eigenvalue weighted by Crippen LogP contribution is 2.32. The zero-order valence-corrected chi connectivity index (χ0v) is 14.8. The second-order valence-corrected chi connectivity index (χ2v) is 6.98. The standard InChI is InChI=1S/C14H15Br2NOS/c1-9-3-4-19-13(9)8-17-7-10-5-11(15)6-12(16)14(10)18-2/h3-6,17H,7-8H2,1-2H3. The summed E-state index contributed by atoms with van der Waals surface area (Å²) in [6, 6.07) is 6.22. The third-order valence-corrected chi connectivity index (χ3v) is 4.93. The summed E-state index contributed by atoms with van der Waals surface area (Å²) >= 11 is 8.82. The van der Waals surface area contributed by atoms with Gasteiger partial charge in [-0.1, -0.05) is 15.9 Å². The second-order valence-electron chi connectivity index (χ2n) is 4.21. The van der Waals surface area contributed by atoms with Gasteiger partial charge in [-0.05, 0) is 52.0 Å². The molecule has 1 heterocycles. The van der Waals surface area contributed by atoms with Crippen LogP contribution in [-0.2, 0) is 13.1 Å². The van der Waals surface area contributed by atoms with Gasteiger partial charge in [0.15, 0.2) is 0 Å². The number of hydrogen-bond donors (Lipinski definition) is 1. The number of aryl methyl sites for hydroxylation is 1. The lowest BCUT2D eigenvalue weighted by Gasteiger charge is -2.12. The molecule has 0 saturated heterocycles. The Morgan fingerprint density at radius 3 is 2.68 bits per heavy atom. The molecular formula is C14H15Br2NOS. The van der Waals surface area contributed by atoms with Gasteiger partial charge in [-0.3, -0.25) is 0 Å². The van der Waals surface area contributed by atoms with Crippen molar-refractivity contribution in [3.8, 4) is 5.75 Å². The zero-order chi connectivity index (χ0) is 13.8. The topological polar surface area (TPSA) is 21.3 Å². The normalized spacial score (nSPS) is 10.7. The minimum absolute atomic E-state index is 0.776. The van der Waals surface area contributed by atoms with Gasteiger partial charge in [0.25, 0.3) is 0 Å². The van der Waals surface area contributed by atoms with E-state index >= 15 is 0 Å². The molecule has 0 fully saturated rings. The van der Waals surface area contributed by atoms with Crippen molar-refractivity contribution in [3.63, 3.8) is 0 Å². The largest absolute Gasteiger partial charge is 0.495 e. The Bertz CT molecular complexity index is 569. The fourth-order valence-corrected chi connectivity index (χ4v) is 4.22. The highest BCUT2D eigenvalue weighted by atomic mass is 79.9. The molecule has 0 aliphatic heterocycles. The van der Waals surface area contributed by atoms with Crippen LogP contribution in [0.1, 0.15) is 16.0 Å². The summed E-state index contributed by atoms with van der Waals surface area (Å²) in [5.74, 6) is 0.888. The molecule has 0 aliphatic rings. The lowest BCUT2D eigenvalue weighted by atomic mass is 10.2. The van der Waals surface area contributed by atoms with Crippen molar-refractivity contribution >= 4 is 43.2 Å². The van der Waals surface area contributed by atoms with E-state index < -0.39 is 0 Å². The molecule has 0 atom stereocenters. The summed E-state index contributed by atoms with van der Waals surface area (Å²) in [7, 11) is 1.70. The second kappa shape index (κ2) is 6.88. The number of ether oxygens (including phenoxy) is 1. The maximum absolute atomic E-state index is 5.44. The molecule has 1 N–H and O–H groups in total. The first kappa shape index (κ1) is 15.0. The first-order chi connectivity index (χ1) is 9.11. The zero-order valence-electron chi connectivity index (χ0n) is 10.8. The lowest BCUT2D eigenvalue weighted by Crippen LogP contribution is -2.13. The van der Waals surface area contributed by atoms with Crippen LogP contribution in [0, 0.1) is 6.92 Å². The number of rotatable bonds is 5. The average Bonchev–Trinajstić information content (AvgIpc) is 2.75. The molecule has 0 bridgehead atoms. The Kier molecular flexibility index (Phi) is 5.45. The molecule has 0 unspecified atom stereocenters. The van der Waals surface area contributed by atoms with E-state index in [0.29, 0.717) is 0 Å². The van der Waals surface area contributed by atoms with E-state index in [4.69, 9.17) is 4.74 Å². The third-order valence-electron chi connectivity index (χ3n) is 2.86.